The van der Waals surface area contributed by atoms with Gasteiger partial charge in [-0.3, -0.25) is 24.0 Å². The van der Waals surface area contributed by atoms with E-state index in [-0.39, 0.29) is 59.2 Å². The van der Waals surface area contributed by atoms with E-state index in [1.807, 2.05) is 0 Å². The van der Waals surface area contributed by atoms with Crippen molar-refractivity contribution in [1.29, 1.82) is 0 Å². The second-order valence-electron chi connectivity index (χ2n) is 11.3. The standard InChI is InChI=1S/C34H42ClN5O13/c1-21(37-38-36)8-6-7-9-24(53-28-11-10-23(35)13-26(28)39(15-30(42)48-2)16-31(43)49-3)20-52-29-12-22(19-41)25(34(46)47)14-27(29)40(17-32(44)50-4)18-33(45)51-5/h10-14,19,21,24H,6-9,15-18,20H2,1-5H3,(H,46,47). The minimum atomic E-state index is -1.45. The van der Waals surface area contributed by atoms with Gasteiger partial charge in [0, 0.05) is 21.5 Å². The molecule has 18 nitrogen and oxygen atoms in total. The van der Waals surface area contributed by atoms with Gasteiger partial charge < -0.3 is 43.3 Å². The molecule has 2 aromatic carbocycles. The quantitative estimate of drug-likeness (QED) is 0.0317. The van der Waals surface area contributed by atoms with Gasteiger partial charge in [-0.2, -0.15) is 0 Å². The summed E-state index contributed by atoms with van der Waals surface area (Å²) < 4.78 is 31.8. The van der Waals surface area contributed by atoms with Gasteiger partial charge in [0.1, 0.15) is 50.4 Å². The number of hydrogen-bond donors (Lipinski definition) is 1. The molecular weight excluding hydrogens is 722 g/mol. The first-order valence-electron chi connectivity index (χ1n) is 16.1. The molecule has 0 heterocycles. The van der Waals surface area contributed by atoms with E-state index in [4.69, 9.17) is 45.6 Å². The lowest BCUT2D eigenvalue weighted by molar-refractivity contribution is -0.141. The van der Waals surface area contributed by atoms with Crippen LogP contribution in [-0.2, 0) is 38.1 Å². The lowest BCUT2D eigenvalue weighted by Crippen LogP contribution is -2.37. The number of unbranched alkanes of at least 4 members (excludes halogenated alkanes) is 1. The lowest BCUT2D eigenvalue weighted by Gasteiger charge is -2.28. The summed E-state index contributed by atoms with van der Waals surface area (Å²) in [5.74, 6) is -4.22. The van der Waals surface area contributed by atoms with Gasteiger partial charge in [-0.15, -0.1) is 0 Å². The Bertz CT molecular complexity index is 1630. The van der Waals surface area contributed by atoms with E-state index in [1.165, 1.54) is 42.2 Å². The number of carbonyl (C=O) groups excluding carboxylic acids is 5. The predicted octanol–water partition coefficient (Wildman–Crippen LogP) is 4.24. The number of ether oxygens (including phenoxy) is 6. The number of anilines is 2. The van der Waals surface area contributed by atoms with Crippen LogP contribution in [0.5, 0.6) is 11.5 Å². The molecule has 2 unspecified atom stereocenters. The average molecular weight is 764 g/mol. The molecule has 2 aromatic rings. The molecule has 53 heavy (non-hydrogen) atoms. The van der Waals surface area contributed by atoms with Crippen molar-refractivity contribution in [3.8, 4) is 11.5 Å². The van der Waals surface area contributed by atoms with Crippen molar-refractivity contribution < 1.29 is 62.3 Å². The Balaban J connectivity index is 2.64. The van der Waals surface area contributed by atoms with Crippen LogP contribution in [0.3, 0.4) is 0 Å². The minimum Gasteiger partial charge on any atom is -0.488 e. The third kappa shape index (κ3) is 14.1. The van der Waals surface area contributed by atoms with Gasteiger partial charge in [0.05, 0.1) is 45.4 Å². The fourth-order valence-electron chi connectivity index (χ4n) is 4.90. The maximum absolute atomic E-state index is 12.4. The molecule has 2 rings (SSSR count). The zero-order chi connectivity index (χ0) is 39.5. The fourth-order valence-corrected chi connectivity index (χ4v) is 5.06. The second-order valence-corrected chi connectivity index (χ2v) is 11.8. The Morgan fingerprint density at radius 1 is 0.830 bits per heavy atom. The normalized spacial score (nSPS) is 11.5. The Morgan fingerprint density at radius 2 is 1.34 bits per heavy atom. The summed E-state index contributed by atoms with van der Waals surface area (Å²) in [4.78, 5) is 78.8. The highest BCUT2D eigenvalue weighted by Gasteiger charge is 2.26. The molecule has 1 N–H and O–H groups in total. The molecule has 0 aliphatic rings. The first kappa shape index (κ1) is 43.4. The molecule has 0 spiro atoms. The van der Waals surface area contributed by atoms with Gasteiger partial charge in [0.2, 0.25) is 0 Å². The molecule has 0 aromatic heterocycles. The first-order chi connectivity index (χ1) is 25.3. The molecule has 0 bridgehead atoms. The average Bonchev–Trinajstić information content (AvgIpc) is 3.14. The van der Waals surface area contributed by atoms with Gasteiger partial charge in [-0.25, -0.2) is 4.79 Å². The van der Waals surface area contributed by atoms with Gasteiger partial charge in [-0.05, 0) is 55.1 Å². The summed E-state index contributed by atoms with van der Waals surface area (Å²) >= 11 is 6.33. The molecule has 0 amide bonds. The summed E-state index contributed by atoms with van der Waals surface area (Å²) in [6.07, 6.45) is 1.57. The summed E-state index contributed by atoms with van der Waals surface area (Å²) in [5.41, 5.74) is 8.29. The van der Waals surface area contributed by atoms with Gasteiger partial charge in [0.15, 0.2) is 6.29 Å². The Kier molecular flexibility index (Phi) is 18.2. The van der Waals surface area contributed by atoms with Crippen LogP contribution in [0.2, 0.25) is 5.02 Å². The van der Waals surface area contributed by atoms with Gasteiger partial charge >= 0.3 is 29.8 Å². The maximum atomic E-state index is 12.4. The highest BCUT2D eigenvalue weighted by molar-refractivity contribution is 6.31. The van der Waals surface area contributed by atoms with Crippen molar-refractivity contribution in [3.63, 3.8) is 0 Å². The number of esters is 4. The summed E-state index contributed by atoms with van der Waals surface area (Å²) in [5, 5.41) is 13.8. The molecule has 0 radical (unpaired) electrons. The van der Waals surface area contributed by atoms with Crippen LogP contribution < -0.4 is 19.3 Å². The number of carboxylic acids is 1. The zero-order valence-corrected chi connectivity index (χ0v) is 30.7. The Labute approximate surface area is 310 Å². The van der Waals surface area contributed by atoms with E-state index in [0.717, 1.165) is 26.4 Å². The Hall–Kier alpha value is -5.74. The van der Waals surface area contributed by atoms with Crippen LogP contribution in [0.15, 0.2) is 35.4 Å². The number of azide groups is 1. The number of benzene rings is 2. The second kappa shape index (κ2) is 22.3. The predicted molar refractivity (Wildman–Crippen MR) is 190 cm³/mol. The first-order valence-corrected chi connectivity index (χ1v) is 16.4. The molecule has 288 valence electrons. The van der Waals surface area contributed by atoms with Crippen LogP contribution in [0, 0.1) is 0 Å². The van der Waals surface area contributed by atoms with E-state index in [1.54, 1.807) is 6.92 Å². The largest absolute Gasteiger partial charge is 0.488 e. The maximum Gasteiger partial charge on any atom is 0.336 e. The van der Waals surface area contributed by atoms with E-state index < -0.39 is 54.6 Å². The molecule has 2 atom stereocenters. The fraction of sp³-hybridized carbons (Fsp3) is 0.471. The van der Waals surface area contributed by atoms with Crippen LogP contribution in [-0.4, -0.2) is 115 Å². The van der Waals surface area contributed by atoms with E-state index in [2.05, 4.69) is 10.0 Å². The van der Waals surface area contributed by atoms with Crippen LogP contribution >= 0.6 is 11.6 Å². The number of methoxy groups -OCH3 is 4. The highest BCUT2D eigenvalue weighted by Crippen LogP contribution is 2.35. The van der Waals surface area contributed by atoms with Crippen LogP contribution in [0.4, 0.5) is 11.4 Å². The molecular formula is C34H42ClN5O13. The molecule has 0 saturated heterocycles. The number of halogens is 1. The van der Waals surface area contributed by atoms with E-state index in [9.17, 15) is 33.9 Å². The third-order valence-corrected chi connectivity index (χ3v) is 7.88. The number of carboxylic acid groups (broad SMARTS) is 1. The van der Waals surface area contributed by atoms with Gasteiger partial charge in [-0.1, -0.05) is 30.1 Å². The highest BCUT2D eigenvalue weighted by atomic mass is 35.5. The van der Waals surface area contributed by atoms with Crippen molar-refractivity contribution in [2.45, 2.75) is 44.8 Å². The van der Waals surface area contributed by atoms with Crippen molar-refractivity contribution >= 4 is 59.1 Å². The number of rotatable bonds is 23. The minimum absolute atomic E-state index is 0.0414. The van der Waals surface area contributed by atoms with Crippen molar-refractivity contribution in [2.24, 2.45) is 5.11 Å². The number of aromatic carboxylic acids is 1. The summed E-state index contributed by atoms with van der Waals surface area (Å²) in [7, 11) is 4.64. The molecule has 0 fully saturated rings. The molecule has 0 aliphatic heterocycles. The van der Waals surface area contributed by atoms with E-state index in [0.29, 0.717) is 32.0 Å². The van der Waals surface area contributed by atoms with Gasteiger partial charge in [0.25, 0.3) is 0 Å². The van der Waals surface area contributed by atoms with Crippen molar-refractivity contribution in [3.05, 3.63) is 56.9 Å². The smallest absolute Gasteiger partial charge is 0.336 e. The van der Waals surface area contributed by atoms with Crippen molar-refractivity contribution in [1.82, 2.24) is 0 Å². The van der Waals surface area contributed by atoms with Crippen LogP contribution in [0.25, 0.3) is 10.4 Å². The number of hydrogen-bond acceptors (Lipinski definition) is 15. The monoisotopic (exact) mass is 763 g/mol. The molecule has 0 aliphatic carbocycles. The summed E-state index contributed by atoms with van der Waals surface area (Å²) in [6, 6.07) is 6.53. The SMILES string of the molecule is COC(=O)CN(CC(=O)OC)c1cc(C(=O)O)c(C=O)cc1OCC(CCCCC(C)N=[N+]=[N-])Oc1ccc(Cl)cc1N(CC(=O)OC)CC(=O)OC. The van der Waals surface area contributed by atoms with E-state index >= 15 is 0 Å². The van der Waals surface area contributed by atoms with Crippen LogP contribution in [0.1, 0.15) is 53.3 Å². The molecule has 0 saturated carbocycles. The summed E-state index contributed by atoms with van der Waals surface area (Å²) in [6.45, 7) is -0.251. The lowest BCUT2D eigenvalue weighted by atomic mass is 10.1. The number of aldehydes is 1. The zero-order valence-electron chi connectivity index (χ0n) is 29.9. The van der Waals surface area contributed by atoms with Crippen molar-refractivity contribution in [2.75, 3.05) is 71.0 Å². The number of carbonyl (C=O) groups is 6. The third-order valence-electron chi connectivity index (χ3n) is 7.65. The topological polar surface area (TPSA) is 233 Å². The molecule has 19 heteroatoms. The Morgan fingerprint density at radius 3 is 1.81 bits per heavy atom. The number of nitrogens with zero attached hydrogens (tertiary/aromatic N) is 5.